The van der Waals surface area contributed by atoms with Gasteiger partial charge in [-0.3, -0.25) is 4.40 Å². The summed E-state index contributed by atoms with van der Waals surface area (Å²) < 4.78 is 13.1. The molecule has 2 aromatic rings. The number of aliphatic imine (C=N–C) groups is 1. The van der Waals surface area contributed by atoms with E-state index in [9.17, 15) is 0 Å². The van der Waals surface area contributed by atoms with Gasteiger partial charge in [-0.1, -0.05) is 6.07 Å². The molecule has 1 unspecified atom stereocenters. The molecule has 0 amide bonds. The molecule has 1 fully saturated rings. The minimum absolute atomic E-state index is 0.267. The van der Waals surface area contributed by atoms with E-state index in [2.05, 4.69) is 25.8 Å². The van der Waals surface area contributed by atoms with E-state index in [4.69, 9.17) is 9.47 Å². The third-order valence-corrected chi connectivity index (χ3v) is 3.97. The van der Waals surface area contributed by atoms with Crippen LogP contribution in [0.15, 0.2) is 29.4 Å². The first-order valence-electron chi connectivity index (χ1n) is 8.87. The highest BCUT2D eigenvalue weighted by Gasteiger charge is 2.14. The van der Waals surface area contributed by atoms with Crippen molar-refractivity contribution in [3.8, 4) is 0 Å². The van der Waals surface area contributed by atoms with Crippen LogP contribution >= 0.6 is 0 Å². The number of nitrogens with one attached hydrogen (secondary N) is 2. The molecule has 0 spiro atoms. The van der Waals surface area contributed by atoms with E-state index in [0.29, 0.717) is 26.3 Å². The van der Waals surface area contributed by atoms with Crippen molar-refractivity contribution in [3.63, 3.8) is 0 Å². The van der Waals surface area contributed by atoms with Gasteiger partial charge in [-0.05, 0) is 31.9 Å². The van der Waals surface area contributed by atoms with Crippen LogP contribution in [0.4, 0.5) is 0 Å². The summed E-state index contributed by atoms with van der Waals surface area (Å²) in [7, 11) is 0. The van der Waals surface area contributed by atoms with Crippen molar-refractivity contribution in [2.24, 2.45) is 4.99 Å². The van der Waals surface area contributed by atoms with Gasteiger partial charge in [0.25, 0.3) is 0 Å². The van der Waals surface area contributed by atoms with Crippen molar-refractivity contribution in [1.29, 1.82) is 0 Å². The van der Waals surface area contributed by atoms with Gasteiger partial charge in [-0.15, -0.1) is 10.2 Å². The van der Waals surface area contributed by atoms with Gasteiger partial charge in [0.1, 0.15) is 6.54 Å². The zero-order valence-electron chi connectivity index (χ0n) is 14.6. The normalized spacial score (nSPS) is 18.0. The molecule has 2 aromatic heterocycles. The van der Waals surface area contributed by atoms with Crippen LogP contribution in [-0.4, -0.2) is 59.6 Å². The van der Waals surface area contributed by atoms with E-state index in [1.807, 2.05) is 35.7 Å². The summed E-state index contributed by atoms with van der Waals surface area (Å²) in [5.74, 6) is 1.55. The molecule has 3 rings (SSSR count). The largest absolute Gasteiger partial charge is 0.377 e. The minimum atomic E-state index is 0.267. The third kappa shape index (κ3) is 5.14. The number of guanidine groups is 1. The highest BCUT2D eigenvalue weighted by Crippen LogP contribution is 2.11. The monoisotopic (exact) mass is 346 g/mol. The lowest BCUT2D eigenvalue weighted by molar-refractivity contribution is 0.0191. The molecule has 1 aliphatic rings. The van der Waals surface area contributed by atoms with E-state index >= 15 is 0 Å². The topological polar surface area (TPSA) is 85.1 Å². The summed E-state index contributed by atoms with van der Waals surface area (Å²) in [6.45, 7) is 6.14. The first-order chi connectivity index (χ1) is 12.4. The first kappa shape index (κ1) is 17.6. The Morgan fingerprint density at radius 3 is 3.20 bits per heavy atom. The van der Waals surface area contributed by atoms with E-state index in [-0.39, 0.29) is 6.10 Å². The van der Waals surface area contributed by atoms with Crippen LogP contribution in [0.2, 0.25) is 0 Å². The number of rotatable bonds is 8. The Morgan fingerprint density at radius 1 is 1.40 bits per heavy atom. The second-order valence-electron chi connectivity index (χ2n) is 5.88. The van der Waals surface area contributed by atoms with Gasteiger partial charge in [0.15, 0.2) is 17.4 Å². The van der Waals surface area contributed by atoms with Crippen LogP contribution in [0.3, 0.4) is 0 Å². The highest BCUT2D eigenvalue weighted by atomic mass is 16.5. The maximum Gasteiger partial charge on any atom is 0.191 e. The summed E-state index contributed by atoms with van der Waals surface area (Å²) in [6.07, 6.45) is 4.45. The summed E-state index contributed by atoms with van der Waals surface area (Å²) in [4.78, 5) is 4.57. The molecule has 25 heavy (non-hydrogen) atoms. The molecule has 0 radical (unpaired) electrons. The minimum Gasteiger partial charge on any atom is -0.377 e. The van der Waals surface area contributed by atoms with Crippen molar-refractivity contribution in [2.45, 2.75) is 32.4 Å². The fourth-order valence-corrected chi connectivity index (χ4v) is 2.72. The molecular formula is C17H26N6O2. The average Bonchev–Trinajstić information content (AvgIpc) is 3.29. The Morgan fingerprint density at radius 2 is 2.36 bits per heavy atom. The van der Waals surface area contributed by atoms with Crippen LogP contribution in [0.25, 0.3) is 5.65 Å². The van der Waals surface area contributed by atoms with E-state index in [1.165, 1.54) is 0 Å². The molecule has 0 aliphatic carbocycles. The van der Waals surface area contributed by atoms with Crippen LogP contribution in [-0.2, 0) is 16.0 Å². The molecule has 0 saturated carbocycles. The van der Waals surface area contributed by atoms with Gasteiger partial charge in [-0.2, -0.15) is 0 Å². The molecule has 1 saturated heterocycles. The molecule has 3 heterocycles. The van der Waals surface area contributed by atoms with Crippen LogP contribution in [0, 0.1) is 0 Å². The smallest absolute Gasteiger partial charge is 0.191 e. The molecule has 136 valence electrons. The lowest BCUT2D eigenvalue weighted by atomic mass is 10.2. The number of aromatic nitrogens is 3. The standard InChI is InChI=1S/C17H26N6O2/c1-2-18-17(19-8-11-24-13-14-6-5-10-25-14)20-12-16-22-21-15-7-3-4-9-23(15)16/h3-4,7,9,14H,2,5-6,8,10-13H2,1H3,(H2,18,19,20). The zero-order chi connectivity index (χ0) is 17.3. The molecule has 8 heteroatoms. The predicted molar refractivity (Wildman–Crippen MR) is 95.6 cm³/mol. The maximum absolute atomic E-state index is 5.66. The zero-order valence-corrected chi connectivity index (χ0v) is 14.6. The van der Waals surface area contributed by atoms with Gasteiger partial charge >= 0.3 is 0 Å². The van der Waals surface area contributed by atoms with Gasteiger partial charge in [0.2, 0.25) is 0 Å². The van der Waals surface area contributed by atoms with Crippen LogP contribution in [0.1, 0.15) is 25.6 Å². The van der Waals surface area contributed by atoms with Crippen molar-refractivity contribution in [1.82, 2.24) is 25.2 Å². The molecule has 8 nitrogen and oxygen atoms in total. The second-order valence-corrected chi connectivity index (χ2v) is 5.88. The van der Waals surface area contributed by atoms with Crippen molar-refractivity contribution in [2.75, 3.05) is 32.9 Å². The predicted octanol–water partition coefficient (Wildman–Crippen LogP) is 0.980. The lowest BCUT2D eigenvalue weighted by Gasteiger charge is -2.13. The number of pyridine rings is 1. The van der Waals surface area contributed by atoms with Gasteiger partial charge in [0, 0.05) is 25.9 Å². The Bertz CT molecular complexity index is 681. The van der Waals surface area contributed by atoms with E-state index < -0.39 is 0 Å². The van der Waals surface area contributed by atoms with Crippen molar-refractivity contribution >= 4 is 11.6 Å². The second kappa shape index (κ2) is 9.33. The molecule has 1 atom stereocenters. The SMILES string of the molecule is CCNC(=NCc1nnc2ccccn12)NCCOCC1CCCO1. The number of hydrogen-bond donors (Lipinski definition) is 2. The van der Waals surface area contributed by atoms with Gasteiger partial charge in [0.05, 0.1) is 19.3 Å². The summed E-state index contributed by atoms with van der Waals surface area (Å²) in [6, 6.07) is 5.83. The van der Waals surface area contributed by atoms with Gasteiger partial charge < -0.3 is 20.1 Å². The summed E-state index contributed by atoms with van der Waals surface area (Å²) >= 11 is 0. The third-order valence-electron chi connectivity index (χ3n) is 3.97. The molecule has 2 N–H and O–H groups in total. The number of nitrogens with zero attached hydrogens (tertiary/aromatic N) is 4. The number of fused-ring (bicyclic) bond motifs is 1. The first-order valence-corrected chi connectivity index (χ1v) is 8.87. The Hall–Kier alpha value is -2.19. The molecular weight excluding hydrogens is 320 g/mol. The van der Waals surface area contributed by atoms with E-state index in [0.717, 1.165) is 43.4 Å². The van der Waals surface area contributed by atoms with Crippen molar-refractivity contribution in [3.05, 3.63) is 30.2 Å². The van der Waals surface area contributed by atoms with Crippen molar-refractivity contribution < 1.29 is 9.47 Å². The highest BCUT2D eigenvalue weighted by molar-refractivity contribution is 5.79. The van der Waals surface area contributed by atoms with Gasteiger partial charge in [-0.25, -0.2) is 4.99 Å². The molecule has 1 aliphatic heterocycles. The number of hydrogen-bond acceptors (Lipinski definition) is 5. The summed E-state index contributed by atoms with van der Waals surface area (Å²) in [5, 5.41) is 14.8. The molecule has 0 bridgehead atoms. The van der Waals surface area contributed by atoms with Crippen LogP contribution in [0.5, 0.6) is 0 Å². The Balaban J connectivity index is 1.45. The lowest BCUT2D eigenvalue weighted by Crippen LogP contribution is -2.39. The Kier molecular flexibility index (Phi) is 6.58. The fraction of sp³-hybridized carbons (Fsp3) is 0.588. The summed E-state index contributed by atoms with van der Waals surface area (Å²) in [5.41, 5.74) is 0.827. The molecule has 0 aromatic carbocycles. The Labute approximate surface area is 147 Å². The average molecular weight is 346 g/mol. The maximum atomic E-state index is 5.66. The fourth-order valence-electron chi connectivity index (χ4n) is 2.72. The quantitative estimate of drug-likeness (QED) is 0.421. The van der Waals surface area contributed by atoms with E-state index in [1.54, 1.807) is 0 Å². The number of ether oxygens (including phenoxy) is 2. The van der Waals surface area contributed by atoms with Crippen LogP contribution < -0.4 is 10.6 Å².